The standard InChI is InChI=1S/C19H29N7O6/c1-10(20)16(28)25-13(7-11-8-22-9-23-11)17(29)24-12(4-5-15(21)27)18(30)26-6-2-3-14(26)19(31)32/h8-10,12-14H,2-7,20H2,1H3,(H2,21,27)(H,22,23)(H,24,29)(H,25,28)(H,31,32). The van der Waals surface area contributed by atoms with Gasteiger partial charge in [-0.1, -0.05) is 0 Å². The molecule has 4 unspecified atom stereocenters. The van der Waals surface area contributed by atoms with Crippen molar-refractivity contribution in [1.82, 2.24) is 25.5 Å². The Balaban J connectivity index is 2.20. The Morgan fingerprint density at radius 1 is 1.25 bits per heavy atom. The third kappa shape index (κ3) is 6.77. The second-order valence-electron chi connectivity index (χ2n) is 7.72. The van der Waals surface area contributed by atoms with Crippen LogP contribution < -0.4 is 22.1 Å². The summed E-state index contributed by atoms with van der Waals surface area (Å²) in [5.74, 6) is -3.70. The Hall–Kier alpha value is -3.48. The lowest BCUT2D eigenvalue weighted by molar-refractivity contribution is -0.149. The number of likely N-dealkylation sites (tertiary alicyclic amines) is 1. The maximum absolute atomic E-state index is 13.1. The lowest BCUT2D eigenvalue weighted by atomic mass is 10.1. The van der Waals surface area contributed by atoms with Crippen molar-refractivity contribution >= 4 is 29.6 Å². The summed E-state index contributed by atoms with van der Waals surface area (Å²) in [6, 6.07) is -4.16. The first-order chi connectivity index (χ1) is 15.1. The summed E-state index contributed by atoms with van der Waals surface area (Å²) in [6.07, 6.45) is 3.44. The highest BCUT2D eigenvalue weighted by atomic mass is 16.4. The number of nitrogens with zero attached hydrogens (tertiary/aromatic N) is 2. The van der Waals surface area contributed by atoms with E-state index in [2.05, 4.69) is 20.6 Å². The zero-order valence-electron chi connectivity index (χ0n) is 17.7. The molecule has 4 amide bonds. The molecule has 1 aromatic heterocycles. The van der Waals surface area contributed by atoms with Gasteiger partial charge < -0.3 is 37.1 Å². The normalized spacial score (nSPS) is 18.4. The van der Waals surface area contributed by atoms with E-state index < -0.39 is 53.8 Å². The van der Waals surface area contributed by atoms with Gasteiger partial charge in [0.1, 0.15) is 18.1 Å². The highest BCUT2D eigenvalue weighted by Crippen LogP contribution is 2.19. The molecule has 8 N–H and O–H groups in total. The zero-order valence-corrected chi connectivity index (χ0v) is 17.7. The average Bonchev–Trinajstić information content (AvgIpc) is 3.41. The molecule has 32 heavy (non-hydrogen) atoms. The summed E-state index contributed by atoms with van der Waals surface area (Å²) in [4.78, 5) is 68.8. The molecular weight excluding hydrogens is 422 g/mol. The van der Waals surface area contributed by atoms with Gasteiger partial charge in [-0.05, 0) is 26.2 Å². The fourth-order valence-electron chi connectivity index (χ4n) is 3.43. The highest BCUT2D eigenvalue weighted by molar-refractivity contribution is 5.94. The molecule has 2 rings (SSSR count). The molecule has 13 nitrogen and oxygen atoms in total. The first-order valence-electron chi connectivity index (χ1n) is 10.2. The summed E-state index contributed by atoms with van der Waals surface area (Å²) >= 11 is 0. The van der Waals surface area contributed by atoms with Crippen LogP contribution in [0.5, 0.6) is 0 Å². The molecule has 0 aromatic carbocycles. The number of imidazole rings is 1. The van der Waals surface area contributed by atoms with E-state index in [0.717, 1.165) is 0 Å². The first-order valence-corrected chi connectivity index (χ1v) is 10.2. The number of hydrogen-bond acceptors (Lipinski definition) is 7. The van der Waals surface area contributed by atoms with Crippen LogP contribution in [0.25, 0.3) is 0 Å². The van der Waals surface area contributed by atoms with Crippen LogP contribution in [0.2, 0.25) is 0 Å². The van der Waals surface area contributed by atoms with Crippen LogP contribution in [-0.4, -0.2) is 80.3 Å². The molecule has 0 radical (unpaired) electrons. The lowest BCUT2D eigenvalue weighted by Gasteiger charge is -2.28. The van der Waals surface area contributed by atoms with E-state index in [0.29, 0.717) is 18.5 Å². The third-order valence-electron chi connectivity index (χ3n) is 5.14. The van der Waals surface area contributed by atoms with Crippen molar-refractivity contribution in [2.45, 2.75) is 63.2 Å². The van der Waals surface area contributed by atoms with Crippen LogP contribution in [0.15, 0.2) is 12.5 Å². The molecule has 0 bridgehead atoms. The lowest BCUT2D eigenvalue weighted by Crippen LogP contribution is -2.57. The van der Waals surface area contributed by atoms with Gasteiger partial charge in [-0.15, -0.1) is 0 Å². The number of carbonyl (C=O) groups excluding carboxylic acids is 4. The molecule has 13 heteroatoms. The summed E-state index contributed by atoms with van der Waals surface area (Å²) in [5.41, 5.74) is 11.3. The maximum Gasteiger partial charge on any atom is 0.326 e. The minimum atomic E-state index is -1.19. The largest absolute Gasteiger partial charge is 0.480 e. The van der Waals surface area contributed by atoms with Crippen molar-refractivity contribution in [2.75, 3.05) is 6.54 Å². The van der Waals surface area contributed by atoms with E-state index in [9.17, 15) is 29.1 Å². The number of H-pyrrole nitrogens is 1. The van der Waals surface area contributed by atoms with Gasteiger partial charge in [0.05, 0.1) is 12.4 Å². The number of aromatic nitrogens is 2. The smallest absolute Gasteiger partial charge is 0.326 e. The number of rotatable bonds is 11. The van der Waals surface area contributed by atoms with Gasteiger partial charge in [0.25, 0.3) is 0 Å². The Morgan fingerprint density at radius 3 is 2.50 bits per heavy atom. The Kier molecular flexibility index (Phi) is 8.70. The van der Waals surface area contributed by atoms with Crippen LogP contribution >= 0.6 is 0 Å². The number of carboxylic acid groups (broad SMARTS) is 1. The SMILES string of the molecule is CC(N)C(=O)NC(Cc1cnc[nH]1)C(=O)NC(CCC(N)=O)C(=O)N1CCCC1C(=O)O. The number of nitrogens with two attached hydrogens (primary N) is 2. The summed E-state index contributed by atoms with van der Waals surface area (Å²) < 4.78 is 0. The van der Waals surface area contributed by atoms with Gasteiger partial charge >= 0.3 is 5.97 Å². The van der Waals surface area contributed by atoms with E-state index in [1.165, 1.54) is 24.3 Å². The number of aliphatic carboxylic acids is 1. The molecule has 1 aromatic rings. The number of hydrogen-bond donors (Lipinski definition) is 6. The van der Waals surface area contributed by atoms with E-state index in [1.807, 2.05) is 0 Å². The summed E-state index contributed by atoms with van der Waals surface area (Å²) in [7, 11) is 0. The van der Waals surface area contributed by atoms with Crippen molar-refractivity contribution in [3.63, 3.8) is 0 Å². The molecule has 1 aliphatic rings. The van der Waals surface area contributed by atoms with Crippen molar-refractivity contribution < 1.29 is 29.1 Å². The Bertz CT molecular complexity index is 841. The van der Waals surface area contributed by atoms with Crippen molar-refractivity contribution in [1.29, 1.82) is 0 Å². The van der Waals surface area contributed by atoms with Gasteiger partial charge in [-0.3, -0.25) is 19.2 Å². The molecule has 1 saturated heterocycles. The van der Waals surface area contributed by atoms with Crippen molar-refractivity contribution in [3.8, 4) is 0 Å². The second-order valence-corrected chi connectivity index (χ2v) is 7.72. The van der Waals surface area contributed by atoms with Crippen LogP contribution in [0.3, 0.4) is 0 Å². The van der Waals surface area contributed by atoms with Crippen LogP contribution in [0.4, 0.5) is 0 Å². The van der Waals surface area contributed by atoms with Crippen LogP contribution in [0, 0.1) is 0 Å². The highest BCUT2D eigenvalue weighted by Gasteiger charge is 2.38. The predicted octanol–water partition coefficient (Wildman–Crippen LogP) is -2.39. The maximum atomic E-state index is 13.1. The number of nitrogens with one attached hydrogen (secondary N) is 3. The number of amides is 4. The molecule has 176 valence electrons. The predicted molar refractivity (Wildman–Crippen MR) is 111 cm³/mol. The number of carbonyl (C=O) groups is 5. The van der Waals surface area contributed by atoms with E-state index in [1.54, 1.807) is 0 Å². The molecule has 1 aliphatic heterocycles. The summed E-state index contributed by atoms with van der Waals surface area (Å²) in [5, 5.41) is 14.4. The molecule has 2 heterocycles. The van der Waals surface area contributed by atoms with E-state index in [4.69, 9.17) is 11.5 Å². The molecule has 1 fully saturated rings. The second kappa shape index (κ2) is 11.2. The first kappa shape index (κ1) is 24.8. The zero-order chi connectivity index (χ0) is 23.8. The summed E-state index contributed by atoms with van der Waals surface area (Å²) in [6.45, 7) is 1.68. The average molecular weight is 451 g/mol. The van der Waals surface area contributed by atoms with Crippen LogP contribution in [0.1, 0.15) is 38.3 Å². The van der Waals surface area contributed by atoms with Gasteiger partial charge in [-0.25, -0.2) is 9.78 Å². The van der Waals surface area contributed by atoms with E-state index >= 15 is 0 Å². The van der Waals surface area contributed by atoms with E-state index in [-0.39, 0.29) is 25.8 Å². The monoisotopic (exact) mass is 451 g/mol. The molecule has 0 saturated carbocycles. The van der Waals surface area contributed by atoms with Crippen LogP contribution in [-0.2, 0) is 30.4 Å². The molecule has 0 spiro atoms. The van der Waals surface area contributed by atoms with Gasteiger partial charge in [-0.2, -0.15) is 0 Å². The Labute approximate surface area is 184 Å². The Morgan fingerprint density at radius 2 is 1.94 bits per heavy atom. The third-order valence-corrected chi connectivity index (χ3v) is 5.14. The fourth-order valence-corrected chi connectivity index (χ4v) is 3.43. The fraction of sp³-hybridized carbons (Fsp3) is 0.579. The van der Waals surface area contributed by atoms with Gasteiger partial charge in [0, 0.05) is 31.3 Å². The molecular formula is C19H29N7O6. The van der Waals surface area contributed by atoms with Gasteiger partial charge in [0.15, 0.2) is 0 Å². The van der Waals surface area contributed by atoms with Gasteiger partial charge in [0.2, 0.25) is 23.6 Å². The quantitative estimate of drug-likeness (QED) is 0.213. The van der Waals surface area contributed by atoms with Crippen molar-refractivity contribution in [2.24, 2.45) is 11.5 Å². The van der Waals surface area contributed by atoms with Crippen molar-refractivity contribution in [3.05, 3.63) is 18.2 Å². The molecule has 0 aliphatic carbocycles. The number of carboxylic acids is 1. The topological polar surface area (TPSA) is 214 Å². The molecule has 4 atom stereocenters. The number of primary amides is 1. The number of aromatic amines is 1. The minimum Gasteiger partial charge on any atom is -0.480 e. The minimum absolute atomic E-state index is 0.0441.